The first-order valence-electron chi connectivity index (χ1n) is 8.72. The van der Waals surface area contributed by atoms with Crippen LogP contribution in [0.25, 0.3) is 0 Å². The number of ether oxygens (including phenoxy) is 1. The van der Waals surface area contributed by atoms with Crippen molar-refractivity contribution < 1.29 is 14.6 Å². The Morgan fingerprint density at radius 3 is 2.67 bits per heavy atom. The van der Waals surface area contributed by atoms with E-state index < -0.39 is 6.10 Å². The summed E-state index contributed by atoms with van der Waals surface area (Å²) >= 11 is 0. The summed E-state index contributed by atoms with van der Waals surface area (Å²) in [6, 6.07) is 5.44. The van der Waals surface area contributed by atoms with E-state index in [4.69, 9.17) is 4.74 Å². The van der Waals surface area contributed by atoms with Crippen molar-refractivity contribution in [3.05, 3.63) is 29.3 Å². The van der Waals surface area contributed by atoms with E-state index in [2.05, 4.69) is 11.8 Å². The number of piperidine rings is 1. The second-order valence-electron chi connectivity index (χ2n) is 7.13. The van der Waals surface area contributed by atoms with Crippen molar-refractivity contribution in [2.45, 2.75) is 32.8 Å². The first-order chi connectivity index (χ1) is 11.4. The molecule has 2 rings (SSSR count). The number of aliphatic hydroxyl groups excluding tert-OH is 1. The number of nitrogens with zero attached hydrogens (tertiary/aromatic N) is 2. The number of hydrogen-bond acceptors (Lipinski definition) is 4. The largest absolute Gasteiger partial charge is 0.491 e. The molecule has 1 atom stereocenters. The third kappa shape index (κ3) is 5.21. The molecule has 1 saturated heterocycles. The standard InChI is InChI=1S/C19H30N2O3/c1-14-7-9-21(10-8-14)12-17(22)13-24-18-11-16(6-5-15(18)2)19(23)20(3)4/h5-6,11,14,17,22H,7-10,12-13H2,1-4H3. The molecule has 0 saturated carbocycles. The minimum absolute atomic E-state index is 0.0529. The second-order valence-corrected chi connectivity index (χ2v) is 7.13. The summed E-state index contributed by atoms with van der Waals surface area (Å²) < 4.78 is 5.78. The van der Waals surface area contributed by atoms with E-state index in [-0.39, 0.29) is 12.5 Å². The molecule has 1 aliphatic rings. The Morgan fingerprint density at radius 1 is 1.38 bits per heavy atom. The van der Waals surface area contributed by atoms with Crippen molar-refractivity contribution in [3.8, 4) is 5.75 Å². The molecule has 1 amide bonds. The van der Waals surface area contributed by atoms with Crippen LogP contribution >= 0.6 is 0 Å². The monoisotopic (exact) mass is 334 g/mol. The normalized spacial score (nSPS) is 17.5. The van der Waals surface area contributed by atoms with Gasteiger partial charge < -0.3 is 19.6 Å². The molecule has 0 aliphatic carbocycles. The number of carbonyl (C=O) groups excluding carboxylic acids is 1. The summed E-state index contributed by atoms with van der Waals surface area (Å²) in [5.41, 5.74) is 1.56. The maximum absolute atomic E-state index is 12.0. The zero-order valence-electron chi connectivity index (χ0n) is 15.3. The highest BCUT2D eigenvalue weighted by Gasteiger charge is 2.19. The van der Waals surface area contributed by atoms with Crippen molar-refractivity contribution in [2.75, 3.05) is 40.3 Å². The van der Waals surface area contributed by atoms with Gasteiger partial charge in [-0.3, -0.25) is 4.79 Å². The topological polar surface area (TPSA) is 53.0 Å². The lowest BCUT2D eigenvalue weighted by Crippen LogP contribution is -2.40. The number of aryl methyl sites for hydroxylation is 1. The summed E-state index contributed by atoms with van der Waals surface area (Å²) in [6.07, 6.45) is 1.87. The number of benzene rings is 1. The molecule has 0 radical (unpaired) electrons. The van der Waals surface area contributed by atoms with Crippen molar-refractivity contribution in [3.63, 3.8) is 0 Å². The molecule has 0 bridgehead atoms. The molecule has 0 spiro atoms. The Labute approximate surface area is 145 Å². The van der Waals surface area contributed by atoms with Gasteiger partial charge in [-0.15, -0.1) is 0 Å². The minimum Gasteiger partial charge on any atom is -0.491 e. The van der Waals surface area contributed by atoms with Crippen molar-refractivity contribution in [1.29, 1.82) is 0 Å². The predicted molar refractivity (Wildman–Crippen MR) is 95.5 cm³/mol. The fourth-order valence-corrected chi connectivity index (χ4v) is 2.93. The molecule has 1 fully saturated rings. The van der Waals surface area contributed by atoms with Gasteiger partial charge in [-0.2, -0.15) is 0 Å². The first-order valence-corrected chi connectivity index (χ1v) is 8.72. The molecule has 1 unspecified atom stereocenters. The Balaban J connectivity index is 1.88. The molecule has 134 valence electrons. The van der Waals surface area contributed by atoms with Gasteiger partial charge in [0.1, 0.15) is 18.5 Å². The molecule has 24 heavy (non-hydrogen) atoms. The van der Waals surface area contributed by atoms with Crippen LogP contribution in [0.2, 0.25) is 0 Å². The number of amides is 1. The molecular formula is C19H30N2O3. The summed E-state index contributed by atoms with van der Waals surface area (Å²) in [7, 11) is 3.46. The number of rotatable bonds is 6. The van der Waals surface area contributed by atoms with Crippen LogP contribution in [-0.2, 0) is 0 Å². The van der Waals surface area contributed by atoms with Gasteiger partial charge in [-0.1, -0.05) is 13.0 Å². The molecular weight excluding hydrogens is 304 g/mol. The van der Waals surface area contributed by atoms with E-state index in [1.807, 2.05) is 13.0 Å². The van der Waals surface area contributed by atoms with Crippen molar-refractivity contribution in [1.82, 2.24) is 9.80 Å². The fraction of sp³-hybridized carbons (Fsp3) is 0.632. The van der Waals surface area contributed by atoms with E-state index in [0.29, 0.717) is 17.9 Å². The third-order valence-corrected chi connectivity index (χ3v) is 4.62. The SMILES string of the molecule is Cc1ccc(C(=O)N(C)C)cc1OCC(O)CN1CCC(C)CC1. The lowest BCUT2D eigenvalue weighted by atomic mass is 9.99. The Bertz CT molecular complexity index is 552. The van der Waals surface area contributed by atoms with Gasteiger partial charge in [0.15, 0.2) is 0 Å². The molecule has 1 heterocycles. The van der Waals surface area contributed by atoms with E-state index in [0.717, 1.165) is 24.6 Å². The van der Waals surface area contributed by atoms with Gasteiger partial charge in [0.25, 0.3) is 5.91 Å². The summed E-state index contributed by atoms with van der Waals surface area (Å²) in [6.45, 7) is 7.20. The Hall–Kier alpha value is -1.59. The van der Waals surface area contributed by atoms with E-state index >= 15 is 0 Å². The molecule has 5 heteroatoms. The Kier molecular flexibility index (Phi) is 6.63. The first kappa shape index (κ1) is 18.7. The number of aliphatic hydroxyl groups is 1. The van der Waals surface area contributed by atoms with Crippen LogP contribution in [0.1, 0.15) is 35.7 Å². The van der Waals surface area contributed by atoms with Crippen LogP contribution in [0.4, 0.5) is 0 Å². The molecule has 1 aromatic carbocycles. The molecule has 1 N–H and O–H groups in total. The quantitative estimate of drug-likeness (QED) is 0.866. The van der Waals surface area contributed by atoms with Gasteiger partial charge in [0, 0.05) is 26.2 Å². The molecule has 5 nitrogen and oxygen atoms in total. The third-order valence-electron chi connectivity index (χ3n) is 4.62. The average molecular weight is 334 g/mol. The molecule has 1 aromatic rings. The van der Waals surface area contributed by atoms with Gasteiger partial charge in [0.2, 0.25) is 0 Å². The van der Waals surface area contributed by atoms with Crippen LogP contribution in [0, 0.1) is 12.8 Å². The summed E-state index contributed by atoms with van der Waals surface area (Å²) in [4.78, 5) is 15.9. The minimum atomic E-state index is -0.522. The van der Waals surface area contributed by atoms with Crippen LogP contribution in [0.15, 0.2) is 18.2 Å². The maximum Gasteiger partial charge on any atom is 0.253 e. The van der Waals surface area contributed by atoms with Crippen LogP contribution in [-0.4, -0.2) is 67.3 Å². The van der Waals surface area contributed by atoms with Gasteiger partial charge in [-0.25, -0.2) is 0 Å². The second kappa shape index (κ2) is 8.49. The lowest BCUT2D eigenvalue weighted by molar-refractivity contribution is 0.0560. The average Bonchev–Trinajstić information content (AvgIpc) is 2.55. The van der Waals surface area contributed by atoms with Crippen molar-refractivity contribution in [2.24, 2.45) is 5.92 Å². The van der Waals surface area contributed by atoms with Gasteiger partial charge in [0.05, 0.1) is 0 Å². The number of hydrogen-bond donors (Lipinski definition) is 1. The fourth-order valence-electron chi connectivity index (χ4n) is 2.93. The molecule has 1 aliphatic heterocycles. The predicted octanol–water partition coefficient (Wildman–Crippen LogP) is 2.17. The van der Waals surface area contributed by atoms with Crippen LogP contribution in [0.3, 0.4) is 0 Å². The van der Waals surface area contributed by atoms with E-state index in [9.17, 15) is 9.90 Å². The highest BCUT2D eigenvalue weighted by Crippen LogP contribution is 2.21. The smallest absolute Gasteiger partial charge is 0.253 e. The number of β-amino-alcohol motifs (C(OH)–C–C–N with tert-alkyl or cyclic N) is 1. The number of carbonyl (C=O) groups is 1. The highest BCUT2D eigenvalue weighted by atomic mass is 16.5. The number of likely N-dealkylation sites (tertiary alicyclic amines) is 1. The van der Waals surface area contributed by atoms with Gasteiger partial charge >= 0.3 is 0 Å². The van der Waals surface area contributed by atoms with E-state index in [1.165, 1.54) is 12.8 Å². The summed E-state index contributed by atoms with van der Waals surface area (Å²) in [5, 5.41) is 10.2. The Morgan fingerprint density at radius 2 is 2.04 bits per heavy atom. The zero-order valence-corrected chi connectivity index (χ0v) is 15.3. The maximum atomic E-state index is 12.0. The van der Waals surface area contributed by atoms with Crippen LogP contribution in [0.5, 0.6) is 5.75 Å². The zero-order chi connectivity index (χ0) is 17.7. The molecule has 0 aromatic heterocycles. The van der Waals surface area contributed by atoms with Crippen molar-refractivity contribution >= 4 is 5.91 Å². The van der Waals surface area contributed by atoms with Crippen LogP contribution < -0.4 is 4.74 Å². The van der Waals surface area contributed by atoms with Gasteiger partial charge in [-0.05, 0) is 56.5 Å². The highest BCUT2D eigenvalue weighted by molar-refractivity contribution is 5.94. The lowest BCUT2D eigenvalue weighted by Gasteiger charge is -2.31. The summed E-state index contributed by atoms with van der Waals surface area (Å²) in [5.74, 6) is 1.39. The van der Waals surface area contributed by atoms with E-state index in [1.54, 1.807) is 31.1 Å².